The first-order valence-corrected chi connectivity index (χ1v) is 5.79. The number of hydrogen-bond donors (Lipinski definition) is 2. The van der Waals surface area contributed by atoms with Gasteiger partial charge >= 0.3 is 10.3 Å². The molecule has 0 spiro atoms. The van der Waals surface area contributed by atoms with Gasteiger partial charge in [0.15, 0.2) is 0 Å². The van der Waals surface area contributed by atoms with Crippen LogP contribution >= 0.6 is 15.9 Å². The van der Waals surface area contributed by atoms with Gasteiger partial charge in [-0.05, 0) is 23.8 Å². The molecule has 14 heavy (non-hydrogen) atoms. The third-order valence-corrected chi connectivity index (χ3v) is 2.63. The van der Waals surface area contributed by atoms with E-state index >= 15 is 0 Å². The summed E-state index contributed by atoms with van der Waals surface area (Å²) >= 11 is 3.17. The zero-order valence-corrected chi connectivity index (χ0v) is 9.38. The highest BCUT2D eigenvalue weighted by Gasteiger charge is 2.06. The van der Waals surface area contributed by atoms with Crippen molar-refractivity contribution in [3.8, 4) is 5.75 Å². The molecule has 7 heteroatoms. The van der Waals surface area contributed by atoms with Gasteiger partial charge in [-0.1, -0.05) is 15.9 Å². The molecule has 0 saturated carbocycles. The molecule has 0 heterocycles. The molecule has 0 radical (unpaired) electrons. The van der Waals surface area contributed by atoms with Crippen molar-refractivity contribution in [1.29, 1.82) is 0 Å². The van der Waals surface area contributed by atoms with E-state index in [4.69, 9.17) is 5.11 Å². The fourth-order valence-electron chi connectivity index (χ4n) is 0.817. The summed E-state index contributed by atoms with van der Waals surface area (Å²) < 4.78 is 26.0. The second-order valence-electron chi connectivity index (χ2n) is 2.53. The van der Waals surface area contributed by atoms with Crippen molar-refractivity contribution in [2.24, 2.45) is 5.14 Å². The van der Waals surface area contributed by atoms with Crippen LogP contribution in [0.5, 0.6) is 5.75 Å². The lowest BCUT2D eigenvalue weighted by Crippen LogP contribution is -2.15. The van der Waals surface area contributed by atoms with E-state index in [0.717, 1.165) is 0 Å². The van der Waals surface area contributed by atoms with Crippen LogP contribution in [0.2, 0.25) is 0 Å². The molecule has 0 aliphatic heterocycles. The summed E-state index contributed by atoms with van der Waals surface area (Å²) in [6.07, 6.45) is 0. The Labute approximate surface area is 89.9 Å². The number of hydrogen-bond acceptors (Lipinski definition) is 4. The first-order valence-electron chi connectivity index (χ1n) is 3.53. The Hall–Kier alpha value is -0.630. The summed E-state index contributed by atoms with van der Waals surface area (Å²) in [5.74, 6) is 0.0289. The highest BCUT2D eigenvalue weighted by Crippen LogP contribution is 2.22. The minimum Gasteiger partial charge on any atom is -0.508 e. The van der Waals surface area contributed by atoms with Crippen molar-refractivity contribution >= 4 is 26.2 Å². The zero-order chi connectivity index (χ0) is 10.8. The van der Waals surface area contributed by atoms with Gasteiger partial charge in [0.05, 0.1) is 6.61 Å². The predicted molar refractivity (Wildman–Crippen MR) is 53.7 cm³/mol. The first-order chi connectivity index (χ1) is 6.38. The Bertz CT molecular complexity index is 431. The van der Waals surface area contributed by atoms with Crippen molar-refractivity contribution in [3.05, 3.63) is 28.2 Å². The van der Waals surface area contributed by atoms with Crippen LogP contribution < -0.4 is 5.14 Å². The molecule has 5 nitrogen and oxygen atoms in total. The molecule has 1 aromatic rings. The number of benzene rings is 1. The average Bonchev–Trinajstić information content (AvgIpc) is 2.05. The third kappa shape index (κ3) is 3.62. The maximum absolute atomic E-state index is 10.5. The molecule has 0 atom stereocenters. The van der Waals surface area contributed by atoms with E-state index in [1.54, 1.807) is 6.07 Å². The van der Waals surface area contributed by atoms with Gasteiger partial charge in [-0.15, -0.1) is 0 Å². The standard InChI is InChI=1S/C7H8BrNO4S/c8-7-2-1-6(10)3-5(7)4-13-14(9,11)12/h1-3,10H,4H2,(H2,9,11,12). The second-order valence-corrected chi connectivity index (χ2v) is 4.61. The molecular formula is C7H8BrNO4S. The fraction of sp³-hybridized carbons (Fsp3) is 0.143. The lowest BCUT2D eigenvalue weighted by Gasteiger charge is -2.04. The monoisotopic (exact) mass is 281 g/mol. The Balaban J connectivity index is 2.81. The molecule has 0 amide bonds. The van der Waals surface area contributed by atoms with Gasteiger partial charge in [0.2, 0.25) is 0 Å². The van der Waals surface area contributed by atoms with Gasteiger partial charge in [-0.2, -0.15) is 8.42 Å². The maximum Gasteiger partial charge on any atom is 0.333 e. The second kappa shape index (κ2) is 4.26. The largest absolute Gasteiger partial charge is 0.508 e. The zero-order valence-electron chi connectivity index (χ0n) is 6.97. The molecule has 1 rings (SSSR count). The molecule has 0 aromatic heterocycles. The number of phenols is 1. The van der Waals surface area contributed by atoms with Crippen molar-refractivity contribution in [1.82, 2.24) is 0 Å². The summed E-state index contributed by atoms with van der Waals surface area (Å²) in [4.78, 5) is 0. The Morgan fingerprint density at radius 1 is 1.50 bits per heavy atom. The van der Waals surface area contributed by atoms with E-state index < -0.39 is 10.3 Å². The molecule has 0 aliphatic carbocycles. The number of halogens is 1. The van der Waals surface area contributed by atoms with Gasteiger partial charge in [0.1, 0.15) is 5.75 Å². The number of rotatable bonds is 3. The smallest absolute Gasteiger partial charge is 0.333 e. The van der Waals surface area contributed by atoms with Gasteiger partial charge in [-0.3, -0.25) is 4.18 Å². The van der Waals surface area contributed by atoms with E-state index in [1.807, 2.05) is 0 Å². The summed E-state index contributed by atoms with van der Waals surface area (Å²) in [5, 5.41) is 13.8. The lowest BCUT2D eigenvalue weighted by molar-refractivity contribution is 0.307. The third-order valence-electron chi connectivity index (χ3n) is 1.41. The Kier molecular flexibility index (Phi) is 3.48. The minimum absolute atomic E-state index is 0.0289. The normalized spacial score (nSPS) is 11.6. The first kappa shape index (κ1) is 11.4. The molecule has 1 aromatic carbocycles. The summed E-state index contributed by atoms with van der Waals surface area (Å²) in [6.45, 7) is -0.214. The van der Waals surface area contributed by atoms with Gasteiger partial charge in [0.25, 0.3) is 0 Å². The van der Waals surface area contributed by atoms with Crippen molar-refractivity contribution < 1.29 is 17.7 Å². The van der Waals surface area contributed by atoms with E-state index in [9.17, 15) is 8.42 Å². The molecule has 0 unspecified atom stereocenters. The van der Waals surface area contributed by atoms with Crippen LogP contribution in [0.3, 0.4) is 0 Å². The van der Waals surface area contributed by atoms with E-state index in [-0.39, 0.29) is 12.4 Å². The predicted octanol–water partition coefficient (Wildman–Crippen LogP) is 0.875. The van der Waals surface area contributed by atoms with Crippen molar-refractivity contribution in [2.45, 2.75) is 6.61 Å². The molecule has 0 bridgehead atoms. The van der Waals surface area contributed by atoms with Crippen LogP contribution in [0, 0.1) is 0 Å². The summed E-state index contributed by atoms with van der Waals surface area (Å²) in [7, 11) is -3.95. The SMILES string of the molecule is NS(=O)(=O)OCc1cc(O)ccc1Br. The van der Waals surface area contributed by atoms with Crippen LogP contribution in [0.1, 0.15) is 5.56 Å². The maximum atomic E-state index is 10.5. The summed E-state index contributed by atoms with van der Waals surface area (Å²) in [5.41, 5.74) is 0.499. The number of aromatic hydroxyl groups is 1. The molecular weight excluding hydrogens is 274 g/mol. The molecule has 0 fully saturated rings. The minimum atomic E-state index is -3.95. The van der Waals surface area contributed by atoms with Crippen LogP contribution in [-0.2, 0) is 21.1 Å². The van der Waals surface area contributed by atoms with E-state index in [2.05, 4.69) is 25.3 Å². The summed E-state index contributed by atoms with van der Waals surface area (Å²) in [6, 6.07) is 4.43. The van der Waals surface area contributed by atoms with Gasteiger partial charge in [0, 0.05) is 4.47 Å². The number of nitrogens with two attached hydrogens (primary N) is 1. The lowest BCUT2D eigenvalue weighted by atomic mass is 10.2. The van der Waals surface area contributed by atoms with Crippen molar-refractivity contribution in [2.75, 3.05) is 0 Å². The van der Waals surface area contributed by atoms with Crippen LogP contribution in [0.4, 0.5) is 0 Å². The van der Waals surface area contributed by atoms with Crippen LogP contribution in [0.15, 0.2) is 22.7 Å². The van der Waals surface area contributed by atoms with Gasteiger partial charge < -0.3 is 5.11 Å². The molecule has 0 aliphatic rings. The highest BCUT2D eigenvalue weighted by molar-refractivity contribution is 9.10. The number of phenolic OH excluding ortho intramolecular Hbond substituents is 1. The molecule has 78 valence electrons. The van der Waals surface area contributed by atoms with Crippen LogP contribution in [-0.4, -0.2) is 13.5 Å². The Morgan fingerprint density at radius 3 is 2.71 bits per heavy atom. The average molecular weight is 282 g/mol. The van der Waals surface area contributed by atoms with Gasteiger partial charge in [-0.25, -0.2) is 5.14 Å². The van der Waals surface area contributed by atoms with Crippen LogP contribution in [0.25, 0.3) is 0 Å². The fourth-order valence-corrected chi connectivity index (χ4v) is 1.47. The molecule has 3 N–H and O–H groups in total. The molecule has 0 saturated heterocycles. The Morgan fingerprint density at radius 2 is 2.14 bits per heavy atom. The quantitative estimate of drug-likeness (QED) is 0.861. The van der Waals surface area contributed by atoms with Crippen molar-refractivity contribution in [3.63, 3.8) is 0 Å². The highest BCUT2D eigenvalue weighted by atomic mass is 79.9. The van der Waals surface area contributed by atoms with E-state index in [0.29, 0.717) is 10.0 Å². The van der Waals surface area contributed by atoms with E-state index in [1.165, 1.54) is 12.1 Å². The topological polar surface area (TPSA) is 89.6 Å².